The van der Waals surface area contributed by atoms with E-state index in [1.165, 1.54) is 0 Å². The molecule has 0 aliphatic carbocycles. The Kier molecular flexibility index (Phi) is 11.0. The van der Waals surface area contributed by atoms with Gasteiger partial charge in [0.25, 0.3) is 0 Å². The van der Waals surface area contributed by atoms with Gasteiger partial charge in [-0.3, -0.25) is 4.99 Å². The van der Waals surface area contributed by atoms with Crippen LogP contribution in [0.5, 0.6) is 0 Å². The van der Waals surface area contributed by atoms with Gasteiger partial charge in [-0.2, -0.15) is 0 Å². The average Bonchev–Trinajstić information content (AvgIpc) is 3.23. The fourth-order valence-electron chi connectivity index (χ4n) is 2.83. The molecule has 3 N–H and O–H groups in total. The summed E-state index contributed by atoms with van der Waals surface area (Å²) in [6, 6.07) is 9.46. The first kappa shape index (κ1) is 23.6. The van der Waals surface area contributed by atoms with Gasteiger partial charge in [-0.1, -0.05) is 30.3 Å². The predicted octanol–water partition coefficient (Wildman–Crippen LogP) is 1.10. The Morgan fingerprint density at radius 1 is 1.28 bits per heavy atom. The highest BCUT2D eigenvalue weighted by Gasteiger charge is 2.15. The Bertz CT molecular complexity index is 692. The van der Waals surface area contributed by atoms with Crippen LogP contribution in [0.3, 0.4) is 0 Å². The van der Waals surface area contributed by atoms with Crippen molar-refractivity contribution in [2.75, 3.05) is 51.8 Å². The lowest BCUT2D eigenvalue weighted by molar-refractivity contribution is 0.0893. The first-order valence-electron chi connectivity index (χ1n) is 10.3. The van der Waals surface area contributed by atoms with E-state index >= 15 is 0 Å². The van der Waals surface area contributed by atoms with Crippen LogP contribution >= 0.6 is 0 Å². The summed E-state index contributed by atoms with van der Waals surface area (Å²) in [5.41, 5.74) is 0.932. The van der Waals surface area contributed by atoms with Crippen molar-refractivity contribution in [3.05, 3.63) is 35.9 Å². The Morgan fingerprint density at radius 3 is 2.83 bits per heavy atom. The summed E-state index contributed by atoms with van der Waals surface area (Å²) in [7, 11) is -3.36. The van der Waals surface area contributed by atoms with E-state index < -0.39 is 10.0 Å². The molecule has 0 saturated carbocycles. The zero-order chi connectivity index (χ0) is 20.8. The Balaban J connectivity index is 1.61. The van der Waals surface area contributed by atoms with Crippen LogP contribution in [-0.2, 0) is 26.0 Å². The highest BCUT2D eigenvalue weighted by atomic mass is 32.2. The number of nitrogens with one attached hydrogen (secondary N) is 3. The summed E-state index contributed by atoms with van der Waals surface area (Å²) < 4.78 is 37.9. The van der Waals surface area contributed by atoms with Crippen LogP contribution in [0, 0.1) is 5.92 Å². The molecule has 1 saturated heterocycles. The maximum atomic E-state index is 12.1. The number of hydrogen-bond donors (Lipinski definition) is 3. The quantitative estimate of drug-likeness (QED) is 0.248. The lowest BCUT2D eigenvalue weighted by atomic mass is 10.1. The van der Waals surface area contributed by atoms with E-state index in [0.29, 0.717) is 38.1 Å². The molecule has 1 aromatic rings. The van der Waals surface area contributed by atoms with Gasteiger partial charge < -0.3 is 20.1 Å². The maximum absolute atomic E-state index is 12.1. The number of rotatable bonds is 13. The minimum Gasteiger partial charge on any atom is -0.381 e. The number of guanidine groups is 1. The Labute approximate surface area is 174 Å². The van der Waals surface area contributed by atoms with Gasteiger partial charge in [0, 0.05) is 45.3 Å². The second-order valence-corrected chi connectivity index (χ2v) is 8.90. The van der Waals surface area contributed by atoms with Crippen molar-refractivity contribution in [3.63, 3.8) is 0 Å². The molecule has 1 aliphatic heterocycles. The molecule has 1 heterocycles. The SMILES string of the molecule is CCNC(=NCCCOCC1CCOC1)NCCS(=O)(=O)NCc1ccccc1. The monoisotopic (exact) mass is 426 g/mol. The molecular weight excluding hydrogens is 392 g/mol. The van der Waals surface area contributed by atoms with Gasteiger partial charge in [-0.25, -0.2) is 13.1 Å². The van der Waals surface area contributed by atoms with Crippen LogP contribution < -0.4 is 15.4 Å². The number of ether oxygens (including phenoxy) is 2. The normalized spacial score (nSPS) is 17.4. The van der Waals surface area contributed by atoms with Crippen LogP contribution in [0.1, 0.15) is 25.3 Å². The minimum atomic E-state index is -3.36. The standard InChI is InChI=1S/C20H34N4O4S/c1-2-21-20(22-10-6-12-27-16-19-9-13-28-17-19)23-11-14-29(25,26)24-15-18-7-4-3-5-8-18/h3-5,7-8,19,24H,2,6,9-17H2,1H3,(H2,21,22,23). The van der Waals surface area contributed by atoms with Crippen LogP contribution in [0.15, 0.2) is 35.3 Å². The summed E-state index contributed by atoms with van der Waals surface area (Å²) >= 11 is 0. The van der Waals surface area contributed by atoms with Gasteiger partial charge in [0.15, 0.2) is 5.96 Å². The van der Waals surface area contributed by atoms with Gasteiger partial charge in [0.05, 0.1) is 19.0 Å². The van der Waals surface area contributed by atoms with Crippen LogP contribution in [0.2, 0.25) is 0 Å². The van der Waals surface area contributed by atoms with Gasteiger partial charge in [-0.15, -0.1) is 0 Å². The van der Waals surface area contributed by atoms with Gasteiger partial charge in [-0.05, 0) is 25.3 Å². The molecular formula is C20H34N4O4S. The summed E-state index contributed by atoms with van der Waals surface area (Å²) in [6.45, 7) is 6.94. The molecule has 0 spiro atoms. The molecule has 8 nitrogen and oxygen atoms in total. The number of sulfonamides is 1. The van der Waals surface area contributed by atoms with Crippen molar-refractivity contribution in [1.82, 2.24) is 15.4 Å². The van der Waals surface area contributed by atoms with Crippen molar-refractivity contribution >= 4 is 16.0 Å². The maximum Gasteiger partial charge on any atom is 0.213 e. The number of hydrogen-bond acceptors (Lipinski definition) is 5. The van der Waals surface area contributed by atoms with Gasteiger partial charge in [0.1, 0.15) is 0 Å². The third-order valence-electron chi connectivity index (χ3n) is 4.44. The van der Waals surface area contributed by atoms with Crippen molar-refractivity contribution < 1.29 is 17.9 Å². The van der Waals surface area contributed by atoms with Crippen molar-refractivity contribution in [1.29, 1.82) is 0 Å². The molecule has 1 atom stereocenters. The fraction of sp³-hybridized carbons (Fsp3) is 0.650. The molecule has 0 radical (unpaired) electrons. The van der Waals surface area contributed by atoms with E-state index in [-0.39, 0.29) is 12.3 Å². The van der Waals surface area contributed by atoms with Crippen molar-refractivity contribution in [3.8, 4) is 0 Å². The Morgan fingerprint density at radius 2 is 2.10 bits per heavy atom. The van der Waals surface area contributed by atoms with E-state index in [1.54, 1.807) is 0 Å². The lowest BCUT2D eigenvalue weighted by Gasteiger charge is -2.12. The van der Waals surface area contributed by atoms with Gasteiger partial charge in [0.2, 0.25) is 10.0 Å². The van der Waals surface area contributed by atoms with E-state index in [1.807, 2.05) is 37.3 Å². The molecule has 1 aromatic carbocycles. The van der Waals surface area contributed by atoms with E-state index in [2.05, 4.69) is 20.3 Å². The molecule has 0 aromatic heterocycles. The predicted molar refractivity (Wildman–Crippen MR) is 115 cm³/mol. The second-order valence-electron chi connectivity index (χ2n) is 6.97. The number of nitrogens with zero attached hydrogens (tertiary/aromatic N) is 1. The van der Waals surface area contributed by atoms with E-state index in [4.69, 9.17) is 9.47 Å². The van der Waals surface area contributed by atoms with E-state index in [9.17, 15) is 8.42 Å². The molecule has 164 valence electrons. The smallest absolute Gasteiger partial charge is 0.213 e. The summed E-state index contributed by atoms with van der Waals surface area (Å²) in [6.07, 6.45) is 1.90. The van der Waals surface area contributed by atoms with E-state index in [0.717, 1.165) is 38.2 Å². The summed E-state index contributed by atoms with van der Waals surface area (Å²) in [4.78, 5) is 4.47. The van der Waals surface area contributed by atoms with Crippen LogP contribution in [0.25, 0.3) is 0 Å². The average molecular weight is 427 g/mol. The highest BCUT2D eigenvalue weighted by molar-refractivity contribution is 7.89. The topological polar surface area (TPSA) is 101 Å². The molecule has 1 fully saturated rings. The molecule has 2 rings (SSSR count). The zero-order valence-electron chi connectivity index (χ0n) is 17.2. The first-order chi connectivity index (χ1) is 14.1. The molecule has 1 aliphatic rings. The fourth-order valence-corrected chi connectivity index (χ4v) is 3.73. The van der Waals surface area contributed by atoms with Crippen LogP contribution in [0.4, 0.5) is 0 Å². The largest absolute Gasteiger partial charge is 0.381 e. The van der Waals surface area contributed by atoms with Gasteiger partial charge >= 0.3 is 0 Å². The molecule has 0 bridgehead atoms. The molecule has 1 unspecified atom stereocenters. The zero-order valence-corrected chi connectivity index (χ0v) is 18.0. The van der Waals surface area contributed by atoms with Crippen molar-refractivity contribution in [2.24, 2.45) is 10.9 Å². The minimum absolute atomic E-state index is 0.0170. The summed E-state index contributed by atoms with van der Waals surface area (Å²) in [5, 5.41) is 6.20. The molecule has 9 heteroatoms. The highest BCUT2D eigenvalue weighted by Crippen LogP contribution is 2.12. The third kappa shape index (κ3) is 10.6. The first-order valence-corrected chi connectivity index (χ1v) is 11.9. The molecule has 0 amide bonds. The lowest BCUT2D eigenvalue weighted by Crippen LogP contribution is -2.41. The number of aliphatic imine (C=N–C) groups is 1. The van der Waals surface area contributed by atoms with Crippen LogP contribution in [-0.4, -0.2) is 66.2 Å². The summed E-state index contributed by atoms with van der Waals surface area (Å²) in [5.74, 6) is 1.13. The van der Waals surface area contributed by atoms with Crippen molar-refractivity contribution in [2.45, 2.75) is 26.3 Å². The second kappa shape index (κ2) is 13.5. The Hall–Kier alpha value is -1.68. The third-order valence-corrected chi connectivity index (χ3v) is 5.77. The molecule has 29 heavy (non-hydrogen) atoms. The number of benzene rings is 1.